The largest absolute Gasteiger partial charge is 0.355 e. The number of carbonyl (C=O) groups excluding carboxylic acids is 2. The van der Waals surface area contributed by atoms with Gasteiger partial charge in [0.25, 0.3) is 5.91 Å². The van der Waals surface area contributed by atoms with Gasteiger partial charge in [-0.2, -0.15) is 5.26 Å². The second-order valence-corrected chi connectivity index (χ2v) is 8.62. The lowest BCUT2D eigenvalue weighted by Crippen LogP contribution is -2.56. The summed E-state index contributed by atoms with van der Waals surface area (Å²) in [6.45, 7) is 4.47. The summed E-state index contributed by atoms with van der Waals surface area (Å²) in [5, 5.41) is 16.0. The van der Waals surface area contributed by atoms with Gasteiger partial charge < -0.3 is 14.7 Å². The number of aromatic nitrogens is 1. The molecule has 1 saturated heterocycles. The number of rotatable bonds is 4. The van der Waals surface area contributed by atoms with E-state index >= 15 is 0 Å². The molecule has 2 aliphatic rings. The molecule has 2 heterocycles. The zero-order chi connectivity index (χ0) is 22.0. The Morgan fingerprint density at radius 2 is 2.00 bits per heavy atom. The highest BCUT2D eigenvalue weighted by Gasteiger charge is 2.38. The van der Waals surface area contributed by atoms with Crippen molar-refractivity contribution >= 4 is 11.8 Å². The summed E-state index contributed by atoms with van der Waals surface area (Å²) in [5.41, 5.74) is 3.56. The van der Waals surface area contributed by atoms with Crippen LogP contribution in [0.25, 0.3) is 11.3 Å². The molecule has 7 heteroatoms. The van der Waals surface area contributed by atoms with Gasteiger partial charge in [-0.1, -0.05) is 19.0 Å². The third-order valence-electron chi connectivity index (χ3n) is 5.90. The number of nitrogens with zero attached hydrogens (tertiary/aromatic N) is 3. The van der Waals surface area contributed by atoms with Gasteiger partial charge in [-0.05, 0) is 67.9 Å². The van der Waals surface area contributed by atoms with Crippen molar-refractivity contribution in [2.45, 2.75) is 52.0 Å². The van der Waals surface area contributed by atoms with Gasteiger partial charge >= 0.3 is 0 Å². The Balaban J connectivity index is 1.62. The minimum absolute atomic E-state index is 0.126. The minimum Gasteiger partial charge on any atom is -0.355 e. The van der Waals surface area contributed by atoms with Gasteiger partial charge in [0.05, 0.1) is 18.2 Å². The molecule has 2 amide bonds. The Kier molecular flexibility index (Phi) is 5.90. The van der Waals surface area contributed by atoms with Crippen molar-refractivity contribution in [3.05, 3.63) is 52.9 Å². The summed E-state index contributed by atoms with van der Waals surface area (Å²) < 4.78 is 5.41. The van der Waals surface area contributed by atoms with E-state index in [1.54, 1.807) is 35.2 Å². The van der Waals surface area contributed by atoms with E-state index in [1.165, 1.54) is 5.57 Å². The topological polar surface area (TPSA) is 99.2 Å². The summed E-state index contributed by atoms with van der Waals surface area (Å²) in [4.78, 5) is 28.0. The number of hydrogen-bond donors (Lipinski definition) is 1. The van der Waals surface area contributed by atoms with E-state index in [-0.39, 0.29) is 23.4 Å². The van der Waals surface area contributed by atoms with Crippen LogP contribution in [0.4, 0.5) is 0 Å². The highest BCUT2D eigenvalue weighted by molar-refractivity contribution is 5.98. The first-order valence-electron chi connectivity index (χ1n) is 10.8. The molecular formula is C24H26N4O3. The van der Waals surface area contributed by atoms with E-state index in [0.717, 1.165) is 36.9 Å². The molecule has 160 valence electrons. The summed E-state index contributed by atoms with van der Waals surface area (Å²) >= 11 is 0. The first-order chi connectivity index (χ1) is 15.0. The lowest BCUT2D eigenvalue weighted by molar-refractivity contribution is -0.127. The predicted molar refractivity (Wildman–Crippen MR) is 115 cm³/mol. The molecule has 1 aromatic heterocycles. The molecule has 1 atom stereocenters. The highest BCUT2D eigenvalue weighted by atomic mass is 16.5. The number of nitrogens with one attached hydrogen (secondary N) is 1. The van der Waals surface area contributed by atoms with Crippen LogP contribution in [0, 0.1) is 17.2 Å². The second kappa shape index (κ2) is 8.76. The van der Waals surface area contributed by atoms with Crippen molar-refractivity contribution in [3.63, 3.8) is 0 Å². The molecular weight excluding hydrogens is 392 g/mol. The smallest absolute Gasteiger partial charge is 0.277 e. The molecule has 31 heavy (non-hydrogen) atoms. The van der Waals surface area contributed by atoms with E-state index in [4.69, 9.17) is 9.78 Å². The summed E-state index contributed by atoms with van der Waals surface area (Å²) in [7, 11) is 0. The van der Waals surface area contributed by atoms with Gasteiger partial charge in [0.15, 0.2) is 11.5 Å². The molecule has 1 N–H and O–H groups in total. The Hall–Kier alpha value is -3.40. The molecule has 7 nitrogen and oxygen atoms in total. The van der Waals surface area contributed by atoms with Crippen molar-refractivity contribution in [1.29, 1.82) is 5.26 Å². The average Bonchev–Trinajstić information content (AvgIpc) is 3.47. The first-order valence-corrected chi connectivity index (χ1v) is 10.8. The van der Waals surface area contributed by atoms with E-state index in [1.807, 2.05) is 13.8 Å². The van der Waals surface area contributed by atoms with Crippen LogP contribution in [0.15, 0.2) is 46.1 Å². The molecule has 0 spiro atoms. The summed E-state index contributed by atoms with van der Waals surface area (Å²) in [6.07, 6.45) is 4.77. The average molecular weight is 418 g/mol. The van der Waals surface area contributed by atoms with E-state index in [9.17, 15) is 9.59 Å². The van der Waals surface area contributed by atoms with E-state index in [2.05, 4.69) is 16.5 Å². The minimum atomic E-state index is -0.534. The van der Waals surface area contributed by atoms with Crippen molar-refractivity contribution in [1.82, 2.24) is 15.4 Å². The molecule has 1 aliphatic carbocycles. The Labute approximate surface area is 181 Å². The summed E-state index contributed by atoms with van der Waals surface area (Å²) in [6, 6.07) is 10.0. The molecule has 1 saturated carbocycles. The maximum atomic E-state index is 13.4. The standard InChI is InChI=1S/C24H26N4O3/c1-15(2)11-21-23(29)26-20(17-5-3-4-6-17)14-28(21)24(30)19-12-22(31-27-19)18-9-7-16(13-25)8-10-18/h7-10,12,15,21H,3-6,11,14H2,1-2H3,(H,26,29)/t21-/m0/s1. The number of piperazine rings is 1. The molecule has 1 aromatic carbocycles. The highest BCUT2D eigenvalue weighted by Crippen LogP contribution is 2.30. The number of benzene rings is 1. The van der Waals surface area contributed by atoms with E-state index in [0.29, 0.717) is 24.3 Å². The van der Waals surface area contributed by atoms with Crippen LogP contribution in [0.2, 0.25) is 0 Å². The molecule has 1 aliphatic heterocycles. The van der Waals surface area contributed by atoms with Crippen LogP contribution in [0.5, 0.6) is 0 Å². The quantitative estimate of drug-likeness (QED) is 0.808. The van der Waals surface area contributed by atoms with Gasteiger partial charge in [0.1, 0.15) is 6.04 Å². The molecule has 0 unspecified atom stereocenters. The number of nitriles is 1. The van der Waals surface area contributed by atoms with Crippen LogP contribution in [0.3, 0.4) is 0 Å². The number of allylic oxidation sites excluding steroid dienone is 1. The third-order valence-corrected chi connectivity index (χ3v) is 5.90. The number of carbonyl (C=O) groups is 2. The van der Waals surface area contributed by atoms with Crippen molar-refractivity contribution in [2.24, 2.45) is 5.92 Å². The SMILES string of the molecule is CC(C)C[C@H]1C(=O)NC(=C2CCCC2)CN1C(=O)c1cc(-c2ccc(C#N)cc2)on1. The zero-order valence-electron chi connectivity index (χ0n) is 17.9. The fourth-order valence-electron chi connectivity index (χ4n) is 4.26. The molecule has 0 bridgehead atoms. The number of amides is 2. The molecule has 4 rings (SSSR count). The Bertz CT molecular complexity index is 1050. The molecule has 2 fully saturated rings. The van der Waals surface area contributed by atoms with Gasteiger partial charge in [0.2, 0.25) is 5.91 Å². The Morgan fingerprint density at radius 3 is 2.65 bits per heavy atom. The predicted octanol–water partition coefficient (Wildman–Crippen LogP) is 4.03. The zero-order valence-corrected chi connectivity index (χ0v) is 17.9. The van der Waals surface area contributed by atoms with Crippen LogP contribution in [-0.2, 0) is 4.79 Å². The lowest BCUT2D eigenvalue weighted by atomic mass is 9.97. The fraction of sp³-hybridized carbons (Fsp3) is 0.417. The van der Waals surface area contributed by atoms with Crippen molar-refractivity contribution in [2.75, 3.05) is 6.54 Å². The second-order valence-electron chi connectivity index (χ2n) is 8.62. The molecule has 0 radical (unpaired) electrons. The van der Waals surface area contributed by atoms with Crippen molar-refractivity contribution < 1.29 is 14.1 Å². The van der Waals surface area contributed by atoms with Gasteiger partial charge in [0, 0.05) is 17.3 Å². The lowest BCUT2D eigenvalue weighted by Gasteiger charge is -2.37. The van der Waals surface area contributed by atoms with Gasteiger partial charge in [-0.25, -0.2) is 0 Å². The normalized spacial score (nSPS) is 19.0. The maximum Gasteiger partial charge on any atom is 0.277 e. The molecule has 2 aromatic rings. The van der Waals surface area contributed by atoms with Gasteiger partial charge in [-0.3, -0.25) is 9.59 Å². The summed E-state index contributed by atoms with van der Waals surface area (Å²) in [5.74, 6) is 0.279. The van der Waals surface area contributed by atoms with Crippen molar-refractivity contribution in [3.8, 4) is 17.4 Å². The van der Waals surface area contributed by atoms with Crippen LogP contribution in [0.1, 0.15) is 62.0 Å². The van der Waals surface area contributed by atoms with Crippen LogP contribution >= 0.6 is 0 Å². The maximum absolute atomic E-state index is 13.4. The van der Waals surface area contributed by atoms with Gasteiger partial charge in [-0.15, -0.1) is 0 Å². The third kappa shape index (κ3) is 4.38. The fourth-order valence-corrected chi connectivity index (χ4v) is 4.26. The van der Waals surface area contributed by atoms with Crippen LogP contribution in [-0.4, -0.2) is 34.5 Å². The van der Waals surface area contributed by atoms with E-state index < -0.39 is 6.04 Å². The van der Waals surface area contributed by atoms with Crippen LogP contribution < -0.4 is 5.32 Å². The monoisotopic (exact) mass is 418 g/mol. The number of hydrogen-bond acceptors (Lipinski definition) is 5. The Morgan fingerprint density at radius 1 is 1.29 bits per heavy atom. The first kappa shape index (κ1) is 20.9.